The molecule has 0 fully saturated rings. The first-order chi connectivity index (χ1) is 12.2. The van der Waals surface area contributed by atoms with Crippen LogP contribution in [-0.4, -0.2) is 26.3 Å². The lowest BCUT2D eigenvalue weighted by Gasteiger charge is -2.14. The summed E-state index contributed by atoms with van der Waals surface area (Å²) in [6.07, 6.45) is 8.12. The Morgan fingerprint density at radius 3 is 2.92 bits per heavy atom. The molecule has 5 heteroatoms. The lowest BCUT2D eigenvalue weighted by Crippen LogP contribution is -2.11. The normalized spacial score (nSPS) is 16.7. The summed E-state index contributed by atoms with van der Waals surface area (Å²) in [5.74, 6) is 0. The molecule has 2 aromatic rings. The maximum Gasteiger partial charge on any atom is 0.344 e. The molecule has 0 amide bonds. The summed E-state index contributed by atoms with van der Waals surface area (Å²) < 4.78 is 15.5. The number of methoxy groups -OCH3 is 1. The Morgan fingerprint density at radius 1 is 1.32 bits per heavy atom. The molecule has 0 bridgehead atoms. The fourth-order valence-electron chi connectivity index (χ4n) is 2.90. The fourth-order valence-corrected chi connectivity index (χ4v) is 2.90. The molecule has 1 aliphatic rings. The van der Waals surface area contributed by atoms with Crippen LogP contribution in [0.1, 0.15) is 24.0 Å². The third-order valence-corrected chi connectivity index (χ3v) is 4.27. The lowest BCUT2D eigenvalue weighted by molar-refractivity contribution is -0.128. The standard InChI is InChI=1S/C20H20O5/c1-23-17-8-6-15(7-9-17)18-12-16-5-4-14(3-2-10-24-13-21)11-19(16)25-20(18)22/h4-8,11-13,17H,2-3,9-10H2,1H3. The highest BCUT2D eigenvalue weighted by Crippen LogP contribution is 2.24. The average molecular weight is 340 g/mol. The van der Waals surface area contributed by atoms with Gasteiger partial charge in [0.25, 0.3) is 6.47 Å². The summed E-state index contributed by atoms with van der Waals surface area (Å²) in [4.78, 5) is 22.5. The highest BCUT2D eigenvalue weighted by molar-refractivity contribution is 5.83. The molecule has 1 aliphatic carbocycles. The molecule has 0 saturated carbocycles. The first-order valence-electron chi connectivity index (χ1n) is 8.25. The largest absolute Gasteiger partial charge is 0.468 e. The van der Waals surface area contributed by atoms with Crippen LogP contribution < -0.4 is 5.63 Å². The maximum atomic E-state index is 12.4. The molecular formula is C20H20O5. The molecule has 130 valence electrons. The van der Waals surface area contributed by atoms with Crippen LogP contribution in [0.5, 0.6) is 0 Å². The van der Waals surface area contributed by atoms with Crippen molar-refractivity contribution >= 4 is 23.0 Å². The first-order valence-corrected chi connectivity index (χ1v) is 8.25. The van der Waals surface area contributed by atoms with Crippen LogP contribution >= 0.6 is 0 Å². The van der Waals surface area contributed by atoms with Gasteiger partial charge in [0.15, 0.2) is 0 Å². The van der Waals surface area contributed by atoms with Crippen LogP contribution in [0.25, 0.3) is 16.5 Å². The van der Waals surface area contributed by atoms with E-state index in [1.807, 2.05) is 42.5 Å². The molecule has 1 aromatic heterocycles. The van der Waals surface area contributed by atoms with Crippen molar-refractivity contribution in [1.82, 2.24) is 0 Å². The Hall–Kier alpha value is -2.66. The van der Waals surface area contributed by atoms with Crippen molar-refractivity contribution in [3.05, 3.63) is 64.0 Å². The van der Waals surface area contributed by atoms with Gasteiger partial charge in [0.1, 0.15) is 5.58 Å². The van der Waals surface area contributed by atoms with E-state index in [9.17, 15) is 9.59 Å². The Morgan fingerprint density at radius 2 is 2.20 bits per heavy atom. The number of ether oxygens (including phenoxy) is 2. The zero-order valence-electron chi connectivity index (χ0n) is 14.1. The molecule has 0 radical (unpaired) electrons. The van der Waals surface area contributed by atoms with Gasteiger partial charge in [0, 0.05) is 12.5 Å². The van der Waals surface area contributed by atoms with Gasteiger partial charge in [0.2, 0.25) is 0 Å². The van der Waals surface area contributed by atoms with Crippen molar-refractivity contribution < 1.29 is 18.7 Å². The number of fused-ring (bicyclic) bond motifs is 1. The van der Waals surface area contributed by atoms with Gasteiger partial charge in [-0.3, -0.25) is 4.79 Å². The van der Waals surface area contributed by atoms with Gasteiger partial charge < -0.3 is 13.9 Å². The van der Waals surface area contributed by atoms with Gasteiger partial charge in [-0.05, 0) is 42.5 Å². The number of allylic oxidation sites excluding steroid dienone is 2. The maximum absolute atomic E-state index is 12.4. The molecule has 1 atom stereocenters. The van der Waals surface area contributed by atoms with Crippen LogP contribution in [0, 0.1) is 0 Å². The van der Waals surface area contributed by atoms with Gasteiger partial charge >= 0.3 is 5.63 Å². The van der Waals surface area contributed by atoms with Crippen molar-refractivity contribution in [1.29, 1.82) is 0 Å². The van der Waals surface area contributed by atoms with Gasteiger partial charge in [-0.1, -0.05) is 30.4 Å². The summed E-state index contributed by atoms with van der Waals surface area (Å²) in [5, 5.41) is 0.880. The van der Waals surface area contributed by atoms with E-state index < -0.39 is 0 Å². The lowest BCUT2D eigenvalue weighted by atomic mass is 9.98. The van der Waals surface area contributed by atoms with E-state index in [0.29, 0.717) is 24.2 Å². The third kappa shape index (κ3) is 4.06. The van der Waals surface area contributed by atoms with Crippen LogP contribution in [-0.2, 0) is 20.7 Å². The minimum atomic E-state index is -0.347. The zero-order chi connectivity index (χ0) is 17.6. The van der Waals surface area contributed by atoms with Gasteiger partial charge in [-0.15, -0.1) is 0 Å². The Labute approximate surface area is 145 Å². The van der Waals surface area contributed by atoms with Crippen molar-refractivity contribution in [2.75, 3.05) is 13.7 Å². The molecule has 0 N–H and O–H groups in total. The summed E-state index contributed by atoms with van der Waals surface area (Å²) in [6, 6.07) is 7.68. The van der Waals surface area contributed by atoms with Crippen LogP contribution in [0.15, 0.2) is 51.7 Å². The predicted molar refractivity (Wildman–Crippen MR) is 95.4 cm³/mol. The highest BCUT2D eigenvalue weighted by Gasteiger charge is 2.13. The fraction of sp³-hybridized carbons (Fsp3) is 0.300. The van der Waals surface area contributed by atoms with Crippen LogP contribution in [0.3, 0.4) is 0 Å². The Kier molecular flexibility index (Phi) is 5.46. The van der Waals surface area contributed by atoms with E-state index in [2.05, 4.69) is 4.74 Å². The smallest absolute Gasteiger partial charge is 0.344 e. The van der Waals surface area contributed by atoms with E-state index in [1.165, 1.54) is 0 Å². The molecule has 0 saturated heterocycles. The number of hydrogen-bond acceptors (Lipinski definition) is 5. The number of benzene rings is 1. The zero-order valence-corrected chi connectivity index (χ0v) is 14.1. The molecule has 3 rings (SSSR count). The summed E-state index contributed by atoms with van der Waals surface area (Å²) in [5.41, 5.74) is 2.68. The molecule has 0 aliphatic heterocycles. The Bertz CT molecular complexity index is 875. The molecule has 1 aromatic carbocycles. The van der Waals surface area contributed by atoms with E-state index in [4.69, 9.17) is 9.15 Å². The average Bonchev–Trinajstić information content (AvgIpc) is 2.65. The first kappa shape index (κ1) is 17.2. The van der Waals surface area contributed by atoms with E-state index in [0.717, 1.165) is 35.8 Å². The second-order valence-electron chi connectivity index (χ2n) is 5.92. The summed E-state index contributed by atoms with van der Waals surface area (Å²) >= 11 is 0. The SMILES string of the molecule is COC1C=CC(c2cc3ccc(CCCOC=O)cc3oc2=O)=CC1. The quantitative estimate of drug-likeness (QED) is 0.440. The number of aryl methyl sites for hydroxylation is 1. The third-order valence-electron chi connectivity index (χ3n) is 4.27. The molecular weight excluding hydrogens is 320 g/mol. The number of carbonyl (C=O) groups excluding carboxylic acids is 1. The second-order valence-corrected chi connectivity index (χ2v) is 5.92. The van der Waals surface area contributed by atoms with Crippen molar-refractivity contribution in [2.24, 2.45) is 0 Å². The topological polar surface area (TPSA) is 65.7 Å². The summed E-state index contributed by atoms with van der Waals surface area (Å²) in [7, 11) is 1.67. The van der Waals surface area contributed by atoms with Gasteiger partial charge in [-0.25, -0.2) is 4.79 Å². The van der Waals surface area contributed by atoms with E-state index in [-0.39, 0.29) is 11.7 Å². The Balaban J connectivity index is 1.83. The van der Waals surface area contributed by atoms with Crippen molar-refractivity contribution in [3.63, 3.8) is 0 Å². The number of hydrogen-bond donors (Lipinski definition) is 0. The monoisotopic (exact) mass is 340 g/mol. The molecule has 5 nitrogen and oxygen atoms in total. The van der Waals surface area contributed by atoms with Gasteiger partial charge in [0.05, 0.1) is 18.3 Å². The van der Waals surface area contributed by atoms with Crippen LogP contribution in [0.4, 0.5) is 0 Å². The minimum Gasteiger partial charge on any atom is -0.468 e. The molecule has 25 heavy (non-hydrogen) atoms. The predicted octanol–water partition coefficient (Wildman–Crippen LogP) is 3.26. The highest BCUT2D eigenvalue weighted by atomic mass is 16.5. The van der Waals surface area contributed by atoms with E-state index in [1.54, 1.807) is 7.11 Å². The van der Waals surface area contributed by atoms with Crippen molar-refractivity contribution in [2.45, 2.75) is 25.4 Å². The second kappa shape index (κ2) is 7.94. The molecule has 1 unspecified atom stereocenters. The van der Waals surface area contributed by atoms with Crippen molar-refractivity contribution in [3.8, 4) is 0 Å². The number of rotatable bonds is 7. The van der Waals surface area contributed by atoms with E-state index >= 15 is 0 Å². The minimum absolute atomic E-state index is 0.0574. The van der Waals surface area contributed by atoms with Gasteiger partial charge in [-0.2, -0.15) is 0 Å². The summed E-state index contributed by atoms with van der Waals surface area (Å²) in [6.45, 7) is 0.831. The molecule has 1 heterocycles. The molecule has 0 spiro atoms. The number of carbonyl (C=O) groups is 1. The van der Waals surface area contributed by atoms with Crippen LogP contribution in [0.2, 0.25) is 0 Å².